The van der Waals surface area contributed by atoms with E-state index in [2.05, 4.69) is 59.5 Å². The summed E-state index contributed by atoms with van der Waals surface area (Å²) in [6.07, 6.45) is 10.8. The van der Waals surface area contributed by atoms with Crippen LogP contribution in [-0.2, 0) is 11.3 Å². The van der Waals surface area contributed by atoms with Gasteiger partial charge in [0.25, 0.3) is 0 Å². The highest BCUT2D eigenvalue weighted by Crippen LogP contribution is 2.40. The molecule has 7 rings (SSSR count). The Labute approximate surface area is 294 Å². The molecule has 1 spiro atoms. The number of benzene rings is 2. The molecule has 2 aliphatic heterocycles. The Kier molecular flexibility index (Phi) is 9.52. The number of fused-ring (bicyclic) bond motifs is 2. The Morgan fingerprint density at radius 2 is 1.84 bits per heavy atom. The third kappa shape index (κ3) is 7.06. The standard InChI is InChI=1S/C39H48N10O/c1-27(2)33-25-42-49-36(33)44-38(48-21-16-39(17-22-48)15-20-47(5)26-39)45-37(49)41-24-29-9-6-7-10-31(29)35-32-13-12-30(23-28(32)14-18-40-35)43-34(50)11-8-19-46(3)4/h6-14,18,23,25,27H,15-17,19-22,24,26H2,1-5H3,(H,43,50)(H,41,44,45)/b11-8+. The summed E-state index contributed by atoms with van der Waals surface area (Å²) in [7, 11) is 6.18. The summed E-state index contributed by atoms with van der Waals surface area (Å²) in [6, 6.07) is 16.3. The van der Waals surface area contributed by atoms with Crippen LogP contribution in [0.4, 0.5) is 17.6 Å². The first-order chi connectivity index (χ1) is 24.2. The van der Waals surface area contributed by atoms with Crippen LogP contribution in [0.5, 0.6) is 0 Å². The molecule has 2 N–H and O–H groups in total. The number of aromatic nitrogens is 5. The zero-order valence-electron chi connectivity index (χ0n) is 29.9. The quantitative estimate of drug-likeness (QED) is 0.172. The molecular weight excluding hydrogens is 624 g/mol. The van der Waals surface area contributed by atoms with Crippen molar-refractivity contribution in [3.8, 4) is 11.3 Å². The van der Waals surface area contributed by atoms with Crippen LogP contribution < -0.4 is 15.5 Å². The summed E-state index contributed by atoms with van der Waals surface area (Å²) in [4.78, 5) is 34.3. The number of pyridine rings is 1. The minimum Gasteiger partial charge on any atom is -0.350 e. The van der Waals surface area contributed by atoms with Crippen LogP contribution in [0.2, 0.25) is 0 Å². The van der Waals surface area contributed by atoms with Gasteiger partial charge in [-0.25, -0.2) is 0 Å². The topological polar surface area (TPSA) is 107 Å². The molecule has 260 valence electrons. The van der Waals surface area contributed by atoms with Gasteiger partial charge in [0.2, 0.25) is 17.8 Å². The summed E-state index contributed by atoms with van der Waals surface area (Å²) in [5, 5.41) is 13.4. The van der Waals surface area contributed by atoms with Crippen LogP contribution in [-0.4, -0.2) is 94.1 Å². The van der Waals surface area contributed by atoms with Crippen molar-refractivity contribution in [2.24, 2.45) is 5.41 Å². The van der Waals surface area contributed by atoms with E-state index in [4.69, 9.17) is 20.1 Å². The first kappa shape index (κ1) is 33.6. The molecule has 1 amide bonds. The molecule has 0 radical (unpaired) electrons. The number of nitrogens with one attached hydrogen (secondary N) is 2. The Bertz CT molecular complexity index is 2020. The van der Waals surface area contributed by atoms with Crippen molar-refractivity contribution in [2.45, 2.75) is 45.6 Å². The molecular formula is C39H48N10O. The molecule has 2 saturated heterocycles. The number of anilines is 3. The molecule has 0 aliphatic carbocycles. The Morgan fingerprint density at radius 3 is 2.60 bits per heavy atom. The van der Waals surface area contributed by atoms with Crippen LogP contribution in [0.3, 0.4) is 0 Å². The average molecular weight is 673 g/mol. The lowest BCUT2D eigenvalue weighted by atomic mass is 9.78. The maximum absolute atomic E-state index is 12.5. The molecule has 2 aliphatic rings. The van der Waals surface area contributed by atoms with Crippen molar-refractivity contribution in [1.29, 1.82) is 0 Å². The Morgan fingerprint density at radius 1 is 1.04 bits per heavy atom. The van der Waals surface area contributed by atoms with Crippen LogP contribution >= 0.6 is 0 Å². The second kappa shape index (κ2) is 14.2. The van der Waals surface area contributed by atoms with Crippen molar-refractivity contribution in [3.05, 3.63) is 84.2 Å². The molecule has 0 atom stereocenters. The van der Waals surface area contributed by atoms with E-state index in [0.29, 0.717) is 24.5 Å². The second-order valence-electron chi connectivity index (χ2n) is 14.6. The zero-order valence-corrected chi connectivity index (χ0v) is 29.9. The molecule has 2 aromatic carbocycles. The van der Waals surface area contributed by atoms with Gasteiger partial charge in [-0.15, -0.1) is 0 Å². The summed E-state index contributed by atoms with van der Waals surface area (Å²) in [5.74, 6) is 1.58. The molecule has 5 heterocycles. The first-order valence-electron chi connectivity index (χ1n) is 17.7. The highest BCUT2D eigenvalue weighted by Gasteiger charge is 2.40. The van der Waals surface area contributed by atoms with E-state index in [9.17, 15) is 4.79 Å². The molecule has 11 nitrogen and oxygen atoms in total. The van der Waals surface area contributed by atoms with Gasteiger partial charge in [-0.3, -0.25) is 9.78 Å². The second-order valence-corrected chi connectivity index (χ2v) is 14.6. The van der Waals surface area contributed by atoms with Gasteiger partial charge in [-0.2, -0.15) is 19.6 Å². The van der Waals surface area contributed by atoms with Gasteiger partial charge >= 0.3 is 0 Å². The van der Waals surface area contributed by atoms with E-state index in [1.807, 2.05) is 72.3 Å². The van der Waals surface area contributed by atoms with Gasteiger partial charge in [-0.1, -0.05) is 50.3 Å². The minimum absolute atomic E-state index is 0.151. The van der Waals surface area contributed by atoms with E-state index >= 15 is 0 Å². The number of carbonyl (C=O) groups is 1. The van der Waals surface area contributed by atoms with Crippen molar-refractivity contribution in [3.63, 3.8) is 0 Å². The number of piperidine rings is 1. The highest BCUT2D eigenvalue weighted by atomic mass is 16.1. The number of nitrogens with zero attached hydrogens (tertiary/aromatic N) is 8. The number of rotatable bonds is 10. The molecule has 0 saturated carbocycles. The lowest BCUT2D eigenvalue weighted by molar-refractivity contribution is -0.111. The maximum atomic E-state index is 12.5. The lowest BCUT2D eigenvalue weighted by Gasteiger charge is -2.39. The van der Waals surface area contributed by atoms with Crippen molar-refractivity contribution < 1.29 is 4.79 Å². The predicted molar refractivity (Wildman–Crippen MR) is 202 cm³/mol. The van der Waals surface area contributed by atoms with Crippen LogP contribution in [0.25, 0.3) is 27.7 Å². The third-order valence-electron chi connectivity index (χ3n) is 10.2. The van der Waals surface area contributed by atoms with E-state index in [-0.39, 0.29) is 11.8 Å². The van der Waals surface area contributed by atoms with Gasteiger partial charge in [-0.05, 0) is 87.4 Å². The molecule has 0 unspecified atom stereocenters. The Hall–Kier alpha value is -4.87. The monoisotopic (exact) mass is 672 g/mol. The smallest absolute Gasteiger partial charge is 0.248 e. The highest BCUT2D eigenvalue weighted by molar-refractivity contribution is 6.02. The predicted octanol–water partition coefficient (Wildman–Crippen LogP) is 6.05. The van der Waals surface area contributed by atoms with Crippen molar-refractivity contribution in [2.75, 3.05) is 69.4 Å². The van der Waals surface area contributed by atoms with Crippen LogP contribution in [0.15, 0.2) is 73.1 Å². The van der Waals surface area contributed by atoms with Gasteiger partial charge in [0.1, 0.15) is 0 Å². The fourth-order valence-corrected chi connectivity index (χ4v) is 7.40. The SMILES string of the molecule is CC(C)c1cnn2c(NCc3ccccc3-c3nccc4cc(NC(=O)/C=C/CN(C)C)ccc34)nc(N3CCC4(CCN(C)C4)CC3)nc12. The average Bonchev–Trinajstić information content (AvgIpc) is 3.70. The number of likely N-dealkylation sites (N-methyl/N-ethyl adjacent to an activating group) is 1. The van der Waals surface area contributed by atoms with Gasteiger partial charge < -0.3 is 25.3 Å². The van der Waals surface area contributed by atoms with E-state index in [1.54, 1.807) is 6.08 Å². The summed E-state index contributed by atoms with van der Waals surface area (Å²) < 4.78 is 1.85. The van der Waals surface area contributed by atoms with Gasteiger partial charge in [0, 0.05) is 67.2 Å². The molecule has 5 aromatic rings. The maximum Gasteiger partial charge on any atom is 0.248 e. The van der Waals surface area contributed by atoms with Gasteiger partial charge in [0.05, 0.1) is 11.9 Å². The molecule has 0 bridgehead atoms. The largest absolute Gasteiger partial charge is 0.350 e. The lowest BCUT2D eigenvalue weighted by Crippen LogP contribution is -2.42. The van der Waals surface area contributed by atoms with E-state index in [0.717, 1.165) is 76.4 Å². The first-order valence-corrected chi connectivity index (χ1v) is 17.7. The summed E-state index contributed by atoms with van der Waals surface area (Å²) in [6.45, 7) is 9.89. The zero-order chi connectivity index (χ0) is 34.8. The molecule has 11 heteroatoms. The van der Waals surface area contributed by atoms with Crippen LogP contribution in [0.1, 0.15) is 50.2 Å². The fraction of sp³-hybridized carbons (Fsp3) is 0.410. The summed E-state index contributed by atoms with van der Waals surface area (Å²) >= 11 is 0. The number of carbonyl (C=O) groups excluding carboxylic acids is 1. The molecule has 3 aromatic heterocycles. The van der Waals surface area contributed by atoms with Gasteiger partial charge in [0.15, 0.2) is 5.65 Å². The minimum atomic E-state index is -0.151. The summed E-state index contributed by atoms with van der Waals surface area (Å²) in [5.41, 5.74) is 6.15. The number of amides is 1. The van der Waals surface area contributed by atoms with Crippen molar-refractivity contribution in [1.82, 2.24) is 34.4 Å². The normalized spacial score (nSPS) is 16.5. The number of hydrogen-bond donors (Lipinski definition) is 2. The molecule has 2 fully saturated rings. The Balaban J connectivity index is 1.14. The van der Waals surface area contributed by atoms with E-state index in [1.165, 1.54) is 19.5 Å². The number of hydrogen-bond acceptors (Lipinski definition) is 9. The number of likely N-dealkylation sites (tertiary alicyclic amines) is 1. The van der Waals surface area contributed by atoms with E-state index < -0.39 is 0 Å². The molecule has 50 heavy (non-hydrogen) atoms. The third-order valence-corrected chi connectivity index (χ3v) is 10.2. The van der Waals surface area contributed by atoms with Crippen LogP contribution in [0, 0.1) is 5.41 Å². The fourth-order valence-electron chi connectivity index (χ4n) is 7.40. The van der Waals surface area contributed by atoms with Crippen molar-refractivity contribution >= 4 is 39.9 Å².